The van der Waals surface area contributed by atoms with Gasteiger partial charge in [0.1, 0.15) is 41.9 Å². The molecule has 2 aromatic heterocycles. The molecule has 10 heteroatoms. The zero-order valence-corrected chi connectivity index (χ0v) is 16.9. The molecule has 2 N–H and O–H groups in total. The fourth-order valence-corrected chi connectivity index (χ4v) is 4.03. The van der Waals surface area contributed by atoms with Crippen molar-refractivity contribution in [3.63, 3.8) is 0 Å². The van der Waals surface area contributed by atoms with Gasteiger partial charge < -0.3 is 20.1 Å². The summed E-state index contributed by atoms with van der Waals surface area (Å²) in [5.41, 5.74) is 1.74. The number of halogens is 3. The molecule has 1 fully saturated rings. The molecule has 3 aromatic rings. The molecule has 0 saturated carbocycles. The van der Waals surface area contributed by atoms with Gasteiger partial charge >= 0.3 is 0 Å². The highest BCUT2D eigenvalue weighted by Gasteiger charge is 2.36. The first-order valence-corrected chi connectivity index (χ1v) is 10.2. The largest absolute Gasteiger partial charge is 0.462 e. The van der Waals surface area contributed by atoms with E-state index in [0.717, 1.165) is 18.2 Å². The molecule has 0 spiro atoms. The summed E-state index contributed by atoms with van der Waals surface area (Å²) in [5.74, 6) is -0.747. The lowest BCUT2D eigenvalue weighted by atomic mass is 10.0. The van der Waals surface area contributed by atoms with Gasteiger partial charge in [-0.05, 0) is 36.4 Å². The minimum atomic E-state index is -1.21. The maximum Gasteiger partial charge on any atom is 0.289 e. The molecule has 3 atom stereocenters. The molecule has 1 aromatic carbocycles. The van der Waals surface area contributed by atoms with Crippen molar-refractivity contribution in [1.82, 2.24) is 9.97 Å². The van der Waals surface area contributed by atoms with Gasteiger partial charge in [0.25, 0.3) is 6.02 Å². The van der Waals surface area contributed by atoms with Crippen LogP contribution in [0.25, 0.3) is 11.0 Å². The molecule has 2 aliphatic heterocycles. The first-order valence-electron chi connectivity index (χ1n) is 10.2. The summed E-state index contributed by atoms with van der Waals surface area (Å²) < 4.78 is 48.0. The maximum atomic E-state index is 14.4. The van der Waals surface area contributed by atoms with Crippen LogP contribution in [0, 0.1) is 11.6 Å². The quantitative estimate of drug-likeness (QED) is 0.646. The lowest BCUT2D eigenvalue weighted by molar-refractivity contribution is 0.0950. The molecular formula is C22H20F3N5O2. The number of rotatable bonds is 3. The number of ether oxygens (including phenoxy) is 1. The smallest absolute Gasteiger partial charge is 0.289 e. The number of aliphatic hydroxyl groups excluding tert-OH is 1. The number of hydrogen-bond acceptors (Lipinski definition) is 7. The third kappa shape index (κ3) is 3.93. The van der Waals surface area contributed by atoms with E-state index in [2.05, 4.69) is 20.3 Å². The van der Waals surface area contributed by atoms with Gasteiger partial charge in [0, 0.05) is 18.2 Å². The summed E-state index contributed by atoms with van der Waals surface area (Å²) in [5, 5.41) is 12.6. The number of hydrogen-bond donors (Lipinski definition) is 2. The van der Waals surface area contributed by atoms with Crippen LogP contribution in [0.5, 0.6) is 0 Å². The van der Waals surface area contributed by atoms with Crippen LogP contribution in [0.4, 0.5) is 24.7 Å². The maximum absolute atomic E-state index is 14.4. The average Bonchev–Trinajstić information content (AvgIpc) is 3.18. The molecule has 166 valence electrons. The number of fused-ring (bicyclic) bond motifs is 1. The van der Waals surface area contributed by atoms with E-state index < -0.39 is 30.0 Å². The minimum Gasteiger partial charge on any atom is -0.462 e. The van der Waals surface area contributed by atoms with Crippen molar-refractivity contribution in [2.75, 3.05) is 29.9 Å². The van der Waals surface area contributed by atoms with Gasteiger partial charge in [-0.25, -0.2) is 23.1 Å². The van der Waals surface area contributed by atoms with Gasteiger partial charge in [-0.3, -0.25) is 4.98 Å². The fourth-order valence-electron chi connectivity index (χ4n) is 4.03. The van der Waals surface area contributed by atoms with Crippen LogP contribution in [0.1, 0.15) is 18.0 Å². The highest BCUT2D eigenvalue weighted by atomic mass is 19.1. The number of aliphatic imine (C=N–C) groups is 1. The Morgan fingerprint density at radius 3 is 2.84 bits per heavy atom. The number of pyridine rings is 2. The van der Waals surface area contributed by atoms with Gasteiger partial charge in [-0.15, -0.1) is 0 Å². The Bertz CT molecular complexity index is 1190. The van der Waals surface area contributed by atoms with Crippen molar-refractivity contribution in [1.29, 1.82) is 0 Å². The highest BCUT2D eigenvalue weighted by molar-refractivity contribution is 5.98. The summed E-state index contributed by atoms with van der Waals surface area (Å²) in [6.45, 7) is 0.354. The molecule has 7 nitrogen and oxygen atoms in total. The Balaban J connectivity index is 1.51. The Morgan fingerprint density at radius 1 is 1.16 bits per heavy atom. The van der Waals surface area contributed by atoms with Crippen LogP contribution in [-0.2, 0) is 4.74 Å². The summed E-state index contributed by atoms with van der Waals surface area (Å²) in [6.07, 6.45) is -0.222. The second-order valence-electron chi connectivity index (χ2n) is 7.80. The Labute approximate surface area is 181 Å². The van der Waals surface area contributed by atoms with Crippen molar-refractivity contribution >= 4 is 28.6 Å². The number of nitrogens with one attached hydrogen (secondary N) is 1. The Morgan fingerprint density at radius 2 is 2.03 bits per heavy atom. The zero-order valence-electron chi connectivity index (χ0n) is 16.9. The second-order valence-corrected chi connectivity index (χ2v) is 7.80. The average molecular weight is 443 g/mol. The van der Waals surface area contributed by atoms with Crippen LogP contribution in [0.2, 0.25) is 0 Å². The number of anilines is 2. The second kappa shape index (κ2) is 8.27. The van der Waals surface area contributed by atoms with Crippen molar-refractivity contribution in [2.45, 2.75) is 24.7 Å². The molecule has 1 saturated heterocycles. The molecule has 0 bridgehead atoms. The normalized spacial score (nSPS) is 23.2. The van der Waals surface area contributed by atoms with E-state index in [4.69, 9.17) is 4.74 Å². The van der Waals surface area contributed by atoms with Crippen LogP contribution in [-0.4, -0.2) is 53.1 Å². The zero-order chi connectivity index (χ0) is 22.2. The van der Waals surface area contributed by atoms with E-state index in [1.807, 2.05) is 0 Å². The highest BCUT2D eigenvalue weighted by Crippen LogP contribution is 2.38. The predicted octanol–water partition coefficient (Wildman–Crippen LogP) is 3.36. The molecule has 4 heterocycles. The minimum absolute atomic E-state index is 0.00978. The topological polar surface area (TPSA) is 82.9 Å². The summed E-state index contributed by atoms with van der Waals surface area (Å²) in [6, 6.07) is 7.88. The predicted molar refractivity (Wildman–Crippen MR) is 113 cm³/mol. The lowest BCUT2D eigenvalue weighted by Crippen LogP contribution is -2.31. The summed E-state index contributed by atoms with van der Waals surface area (Å²) >= 11 is 0. The first kappa shape index (κ1) is 20.5. The number of alkyl halides is 1. The summed E-state index contributed by atoms with van der Waals surface area (Å²) in [4.78, 5) is 14.7. The van der Waals surface area contributed by atoms with Crippen LogP contribution < -0.4 is 10.2 Å². The number of benzene rings is 1. The molecule has 5 rings (SSSR count). The van der Waals surface area contributed by atoms with E-state index in [-0.39, 0.29) is 37.7 Å². The third-order valence-electron chi connectivity index (χ3n) is 5.53. The fraction of sp³-hybridized carbons (Fsp3) is 0.318. The van der Waals surface area contributed by atoms with Gasteiger partial charge in [0.2, 0.25) is 0 Å². The number of nitrogens with zero attached hydrogens (tertiary/aromatic N) is 4. The first-order chi connectivity index (χ1) is 15.5. The molecular weight excluding hydrogens is 423 g/mol. The molecule has 0 aliphatic carbocycles. The van der Waals surface area contributed by atoms with E-state index in [1.54, 1.807) is 29.3 Å². The molecule has 0 unspecified atom stereocenters. The molecule has 0 radical (unpaired) electrons. The lowest BCUT2D eigenvalue weighted by Gasteiger charge is -2.26. The van der Waals surface area contributed by atoms with Crippen molar-refractivity contribution in [3.05, 3.63) is 59.8 Å². The Kier molecular flexibility index (Phi) is 5.30. The van der Waals surface area contributed by atoms with Gasteiger partial charge in [0.15, 0.2) is 0 Å². The van der Waals surface area contributed by atoms with E-state index in [0.29, 0.717) is 22.5 Å². The monoisotopic (exact) mass is 443 g/mol. The Hall–Kier alpha value is -3.40. The van der Waals surface area contributed by atoms with Crippen molar-refractivity contribution in [2.24, 2.45) is 4.99 Å². The molecule has 32 heavy (non-hydrogen) atoms. The van der Waals surface area contributed by atoms with Crippen LogP contribution in [0.15, 0.2) is 47.6 Å². The third-order valence-corrected chi connectivity index (χ3v) is 5.53. The van der Waals surface area contributed by atoms with Gasteiger partial charge in [-0.1, -0.05) is 0 Å². The van der Waals surface area contributed by atoms with Gasteiger partial charge in [0.05, 0.1) is 30.3 Å². The SMILES string of the molecule is O[C@@H]1CN=C(Nc2ccnc3ccc(N4C[C@@H](F)C[C@@H]4c4cc(F)ccc4F)nc23)OC1. The van der Waals surface area contributed by atoms with E-state index in [1.165, 1.54) is 0 Å². The number of amidine groups is 1. The molecule has 2 aliphatic rings. The van der Waals surface area contributed by atoms with Gasteiger partial charge in [-0.2, -0.15) is 0 Å². The molecule has 0 amide bonds. The van der Waals surface area contributed by atoms with Crippen LogP contribution in [0.3, 0.4) is 0 Å². The summed E-state index contributed by atoms with van der Waals surface area (Å²) in [7, 11) is 0. The standard InChI is InChI=1S/C22H20F3N5O2/c23-12-1-2-16(25)15(7-12)19-8-13(24)10-30(19)20-4-3-17-21(29-20)18(5-6-26-17)28-22-27-9-14(31)11-32-22/h1-7,13-14,19,31H,8-11H2,(H,26,27,28)/t13-,14+,19+/m0/s1. The van der Waals surface area contributed by atoms with Crippen molar-refractivity contribution in [3.8, 4) is 0 Å². The number of aromatic nitrogens is 2. The van der Waals surface area contributed by atoms with E-state index >= 15 is 0 Å². The number of aliphatic hydroxyl groups is 1. The van der Waals surface area contributed by atoms with Crippen molar-refractivity contribution < 1.29 is 23.0 Å². The van der Waals surface area contributed by atoms with Crippen LogP contribution >= 0.6 is 0 Å². The van der Waals surface area contributed by atoms with E-state index in [9.17, 15) is 18.3 Å².